The molecule has 1 fully saturated rings. The molecule has 0 amide bonds. The number of nitrogens with zero attached hydrogens (tertiary/aromatic N) is 2. The van der Waals surface area contributed by atoms with Crippen molar-refractivity contribution in [3.63, 3.8) is 0 Å². The zero-order valence-corrected chi connectivity index (χ0v) is 20.6. The number of pyridine rings is 1. The van der Waals surface area contributed by atoms with Crippen LogP contribution >= 0.6 is 11.8 Å². The van der Waals surface area contributed by atoms with Crippen LogP contribution < -0.4 is 4.74 Å². The van der Waals surface area contributed by atoms with Gasteiger partial charge in [0.2, 0.25) is 0 Å². The molecule has 0 aliphatic carbocycles. The summed E-state index contributed by atoms with van der Waals surface area (Å²) in [6.07, 6.45) is 8.98. The molecule has 1 aliphatic heterocycles. The fraction of sp³-hybridized carbons (Fsp3) is 0.481. The van der Waals surface area contributed by atoms with Gasteiger partial charge in [-0.25, -0.2) is 0 Å². The molecule has 4 rings (SSSR count). The summed E-state index contributed by atoms with van der Waals surface area (Å²) >= 11 is 1.74. The van der Waals surface area contributed by atoms with Crippen LogP contribution in [-0.4, -0.2) is 53.5 Å². The summed E-state index contributed by atoms with van der Waals surface area (Å²) in [5.74, 6) is 2.17. The molecule has 0 saturated carbocycles. The molecular formula is C27H34N2O4S. The number of benzene rings is 1. The third-order valence-electron chi connectivity index (χ3n) is 6.91. The lowest BCUT2D eigenvalue weighted by Gasteiger charge is -2.38. The Morgan fingerprint density at radius 3 is 2.97 bits per heavy atom. The van der Waals surface area contributed by atoms with Gasteiger partial charge >= 0.3 is 5.97 Å². The molecule has 3 heterocycles. The van der Waals surface area contributed by atoms with Crippen molar-refractivity contribution in [2.24, 2.45) is 11.8 Å². The van der Waals surface area contributed by atoms with Crippen molar-refractivity contribution in [3.8, 4) is 5.75 Å². The van der Waals surface area contributed by atoms with Crippen LogP contribution in [0.1, 0.15) is 37.7 Å². The molecule has 7 heteroatoms. The van der Waals surface area contributed by atoms with E-state index in [2.05, 4.69) is 22.0 Å². The van der Waals surface area contributed by atoms with Crippen molar-refractivity contribution in [2.75, 3.05) is 32.5 Å². The van der Waals surface area contributed by atoms with Gasteiger partial charge in [0.1, 0.15) is 5.75 Å². The molecule has 0 spiro atoms. The van der Waals surface area contributed by atoms with Crippen LogP contribution in [0.15, 0.2) is 58.4 Å². The lowest BCUT2D eigenvalue weighted by atomic mass is 9.79. The molecule has 34 heavy (non-hydrogen) atoms. The molecular weight excluding hydrogens is 448 g/mol. The molecule has 3 aromatic rings. The average molecular weight is 483 g/mol. The van der Waals surface area contributed by atoms with E-state index in [0.717, 1.165) is 79.2 Å². The number of thioether (sulfide) groups is 1. The largest absolute Gasteiger partial charge is 0.497 e. The maximum Gasteiger partial charge on any atom is 0.303 e. The van der Waals surface area contributed by atoms with Gasteiger partial charge in [0.15, 0.2) is 5.09 Å². The smallest absolute Gasteiger partial charge is 0.303 e. The number of hydrogen-bond donors (Lipinski definition) is 1. The Balaban J connectivity index is 1.32. The van der Waals surface area contributed by atoms with Gasteiger partial charge in [0.25, 0.3) is 0 Å². The van der Waals surface area contributed by atoms with Gasteiger partial charge < -0.3 is 19.2 Å². The van der Waals surface area contributed by atoms with E-state index in [0.29, 0.717) is 11.8 Å². The van der Waals surface area contributed by atoms with E-state index in [1.807, 2.05) is 30.5 Å². The molecule has 1 saturated heterocycles. The SMILES string of the molecule is COc1ccc2nccc(CCC[C@@H]3CCN(CCSc4ccco4)C[C@@H]3CCC(=O)O)c2c1. The zero-order chi connectivity index (χ0) is 23.8. The van der Waals surface area contributed by atoms with E-state index in [-0.39, 0.29) is 6.42 Å². The second kappa shape index (κ2) is 12.3. The average Bonchev–Trinajstić information content (AvgIpc) is 3.37. The van der Waals surface area contributed by atoms with Crippen LogP contribution in [0, 0.1) is 11.8 Å². The topological polar surface area (TPSA) is 75.8 Å². The Bertz CT molecular complexity index is 1060. The van der Waals surface area contributed by atoms with Gasteiger partial charge in [-0.2, -0.15) is 0 Å². The molecule has 1 aliphatic rings. The third kappa shape index (κ3) is 6.76. The minimum absolute atomic E-state index is 0.255. The highest BCUT2D eigenvalue weighted by atomic mass is 32.2. The molecule has 1 aromatic carbocycles. The van der Waals surface area contributed by atoms with Crippen LogP contribution in [0.25, 0.3) is 10.9 Å². The Morgan fingerprint density at radius 2 is 2.18 bits per heavy atom. The van der Waals surface area contributed by atoms with Crippen molar-refractivity contribution in [1.82, 2.24) is 9.88 Å². The van der Waals surface area contributed by atoms with E-state index >= 15 is 0 Å². The van der Waals surface area contributed by atoms with Crippen LogP contribution in [0.2, 0.25) is 0 Å². The van der Waals surface area contributed by atoms with Crippen molar-refractivity contribution in [3.05, 3.63) is 54.4 Å². The summed E-state index contributed by atoms with van der Waals surface area (Å²) in [5, 5.41) is 11.4. The van der Waals surface area contributed by atoms with E-state index in [9.17, 15) is 9.90 Å². The number of carbonyl (C=O) groups is 1. The second-order valence-electron chi connectivity index (χ2n) is 9.07. The number of aryl methyl sites for hydroxylation is 1. The van der Waals surface area contributed by atoms with Gasteiger partial charge in [-0.15, -0.1) is 0 Å². The summed E-state index contributed by atoms with van der Waals surface area (Å²) < 4.78 is 10.8. The Kier molecular flexibility index (Phi) is 8.88. The van der Waals surface area contributed by atoms with Crippen LogP contribution in [0.3, 0.4) is 0 Å². The van der Waals surface area contributed by atoms with Gasteiger partial charge in [-0.3, -0.25) is 9.78 Å². The minimum Gasteiger partial charge on any atom is -0.497 e. The Morgan fingerprint density at radius 1 is 1.26 bits per heavy atom. The number of methoxy groups -OCH3 is 1. The fourth-order valence-electron chi connectivity index (χ4n) is 5.08. The van der Waals surface area contributed by atoms with Crippen molar-refractivity contribution in [1.29, 1.82) is 0 Å². The number of carboxylic acids is 1. The quantitative estimate of drug-likeness (QED) is 0.329. The molecule has 0 radical (unpaired) electrons. The second-order valence-corrected chi connectivity index (χ2v) is 10.2. The monoisotopic (exact) mass is 482 g/mol. The number of aromatic nitrogens is 1. The zero-order valence-electron chi connectivity index (χ0n) is 19.8. The predicted octanol–water partition coefficient (Wildman–Crippen LogP) is 5.75. The number of furan rings is 1. The van der Waals surface area contributed by atoms with Gasteiger partial charge in [-0.05, 0) is 92.4 Å². The lowest BCUT2D eigenvalue weighted by molar-refractivity contribution is -0.137. The maximum absolute atomic E-state index is 11.3. The number of ether oxygens (including phenoxy) is 1. The number of rotatable bonds is 12. The lowest BCUT2D eigenvalue weighted by Crippen LogP contribution is -2.41. The molecule has 1 N–H and O–H groups in total. The van der Waals surface area contributed by atoms with Crippen molar-refractivity contribution >= 4 is 28.6 Å². The van der Waals surface area contributed by atoms with Crippen LogP contribution in [0.4, 0.5) is 0 Å². The van der Waals surface area contributed by atoms with E-state index in [4.69, 9.17) is 9.15 Å². The fourth-order valence-corrected chi connectivity index (χ4v) is 5.93. The standard InChI is InChI=1S/C27H34N2O4S/c1-32-23-8-9-25-24(18-23)21(11-13-28-25)5-2-4-20-12-14-29(19-22(20)7-10-26(30)31)15-17-34-27-6-3-16-33-27/h3,6,8-9,11,13,16,18,20,22H,2,4-5,7,10,12,14-15,17,19H2,1H3,(H,30,31)/t20-,22+/m1/s1. The molecule has 0 unspecified atom stereocenters. The van der Waals surface area contributed by atoms with Crippen molar-refractivity contribution in [2.45, 2.75) is 43.6 Å². The van der Waals surface area contributed by atoms with Gasteiger partial charge in [0, 0.05) is 36.8 Å². The number of likely N-dealkylation sites (tertiary alicyclic amines) is 1. The summed E-state index contributed by atoms with van der Waals surface area (Å²) in [7, 11) is 1.69. The highest BCUT2D eigenvalue weighted by molar-refractivity contribution is 7.99. The maximum atomic E-state index is 11.3. The first-order valence-corrected chi connectivity index (χ1v) is 13.1. The van der Waals surface area contributed by atoms with E-state index < -0.39 is 5.97 Å². The summed E-state index contributed by atoms with van der Waals surface area (Å²) in [5.41, 5.74) is 2.30. The Labute approximate surface area is 205 Å². The number of hydrogen-bond acceptors (Lipinski definition) is 6. The van der Waals surface area contributed by atoms with Crippen LogP contribution in [0.5, 0.6) is 5.75 Å². The highest BCUT2D eigenvalue weighted by Crippen LogP contribution is 2.32. The Hall–Kier alpha value is -2.51. The van der Waals surface area contributed by atoms with E-state index in [1.165, 1.54) is 5.56 Å². The van der Waals surface area contributed by atoms with Crippen LogP contribution in [-0.2, 0) is 11.2 Å². The number of carboxylic acid groups (broad SMARTS) is 1. The number of aliphatic carboxylic acids is 1. The molecule has 2 atom stereocenters. The molecule has 6 nitrogen and oxygen atoms in total. The summed E-state index contributed by atoms with van der Waals surface area (Å²) in [6, 6.07) is 12.1. The predicted molar refractivity (Wildman–Crippen MR) is 136 cm³/mol. The highest BCUT2D eigenvalue weighted by Gasteiger charge is 2.29. The molecule has 0 bridgehead atoms. The summed E-state index contributed by atoms with van der Waals surface area (Å²) in [6.45, 7) is 3.08. The third-order valence-corrected chi connectivity index (χ3v) is 7.81. The molecule has 2 aromatic heterocycles. The minimum atomic E-state index is -0.693. The van der Waals surface area contributed by atoms with Gasteiger partial charge in [0.05, 0.1) is 18.9 Å². The normalized spacial score (nSPS) is 18.9. The summed E-state index contributed by atoms with van der Waals surface area (Å²) in [4.78, 5) is 18.3. The van der Waals surface area contributed by atoms with Crippen molar-refractivity contribution < 1.29 is 19.1 Å². The molecule has 182 valence electrons. The number of piperidine rings is 1. The first-order chi connectivity index (χ1) is 16.6. The van der Waals surface area contributed by atoms with Gasteiger partial charge in [-0.1, -0.05) is 11.8 Å². The first kappa shape index (κ1) is 24.6. The van der Waals surface area contributed by atoms with E-state index in [1.54, 1.807) is 25.1 Å². The number of fused-ring (bicyclic) bond motifs is 1. The first-order valence-electron chi connectivity index (χ1n) is 12.1.